The van der Waals surface area contributed by atoms with Crippen LogP contribution in [0.2, 0.25) is 0 Å². The summed E-state index contributed by atoms with van der Waals surface area (Å²) >= 11 is 0. The van der Waals surface area contributed by atoms with Crippen molar-refractivity contribution in [2.24, 2.45) is 0 Å². The highest BCUT2D eigenvalue weighted by Gasteiger charge is 2.20. The monoisotopic (exact) mass is 399 g/mol. The summed E-state index contributed by atoms with van der Waals surface area (Å²) in [6.07, 6.45) is -0.984. The van der Waals surface area contributed by atoms with Crippen molar-refractivity contribution >= 4 is 23.4 Å². The molecule has 150 valence electrons. The molecular formula is C18H17F4N3O3. The Morgan fingerprint density at radius 3 is 2.11 bits per heavy atom. The number of carbonyl (C=O) groups is 2. The minimum Gasteiger partial charge on any atom is -0.443 e. The van der Waals surface area contributed by atoms with E-state index < -0.39 is 46.4 Å². The Bertz CT molecular complexity index is 914. The second-order valence-corrected chi connectivity index (χ2v) is 6.64. The van der Waals surface area contributed by atoms with E-state index >= 15 is 0 Å². The van der Waals surface area contributed by atoms with Gasteiger partial charge in [-0.05, 0) is 39.0 Å². The third kappa shape index (κ3) is 5.60. The zero-order chi connectivity index (χ0) is 21.1. The molecule has 0 radical (unpaired) electrons. The Hall–Kier alpha value is -3.30. The van der Waals surface area contributed by atoms with Crippen LogP contribution in [0.4, 0.5) is 33.7 Å². The van der Waals surface area contributed by atoms with Crippen molar-refractivity contribution in [3.8, 4) is 0 Å². The van der Waals surface area contributed by atoms with Crippen molar-refractivity contribution in [3.63, 3.8) is 0 Å². The minimum atomic E-state index is -1.34. The number of benzene rings is 2. The molecule has 0 bridgehead atoms. The number of hydrogen-bond acceptors (Lipinski definition) is 4. The fraction of sp³-hybridized carbons (Fsp3) is 0.222. The van der Waals surface area contributed by atoms with Crippen LogP contribution in [0.3, 0.4) is 0 Å². The number of anilines is 2. The van der Waals surface area contributed by atoms with Crippen LogP contribution >= 0.6 is 0 Å². The van der Waals surface area contributed by atoms with Crippen molar-refractivity contribution in [2.45, 2.75) is 26.4 Å². The summed E-state index contributed by atoms with van der Waals surface area (Å²) in [7, 11) is 0. The van der Waals surface area contributed by atoms with Gasteiger partial charge in [0.05, 0.1) is 16.9 Å². The van der Waals surface area contributed by atoms with Crippen LogP contribution in [0.25, 0.3) is 0 Å². The average molecular weight is 399 g/mol. The molecular weight excluding hydrogens is 382 g/mol. The van der Waals surface area contributed by atoms with Gasteiger partial charge in [0.25, 0.3) is 5.91 Å². The van der Waals surface area contributed by atoms with Crippen molar-refractivity contribution in [2.75, 3.05) is 5.32 Å². The molecule has 2 aromatic carbocycles. The molecule has 0 spiro atoms. The van der Waals surface area contributed by atoms with E-state index in [1.807, 2.05) is 10.9 Å². The molecule has 0 heterocycles. The van der Waals surface area contributed by atoms with E-state index in [0.29, 0.717) is 18.2 Å². The van der Waals surface area contributed by atoms with E-state index in [2.05, 4.69) is 5.32 Å². The smallest absolute Gasteiger partial charge is 0.426 e. The zero-order valence-corrected chi connectivity index (χ0v) is 15.1. The van der Waals surface area contributed by atoms with Gasteiger partial charge in [0, 0.05) is 12.1 Å². The maximum absolute atomic E-state index is 13.8. The van der Waals surface area contributed by atoms with E-state index in [9.17, 15) is 27.2 Å². The van der Waals surface area contributed by atoms with Crippen LogP contribution in [-0.4, -0.2) is 17.6 Å². The summed E-state index contributed by atoms with van der Waals surface area (Å²) in [5, 5.41) is 2.39. The van der Waals surface area contributed by atoms with E-state index in [1.165, 1.54) is 0 Å². The molecule has 10 heteroatoms. The fourth-order valence-corrected chi connectivity index (χ4v) is 2.05. The first kappa shape index (κ1) is 21.0. The predicted octanol–water partition coefficient (Wildman–Crippen LogP) is 4.16. The van der Waals surface area contributed by atoms with Gasteiger partial charge in [-0.1, -0.05) is 0 Å². The first-order valence-electron chi connectivity index (χ1n) is 7.97. The number of amides is 2. The van der Waals surface area contributed by atoms with Gasteiger partial charge in [-0.2, -0.15) is 0 Å². The van der Waals surface area contributed by atoms with Gasteiger partial charge in [0.2, 0.25) is 0 Å². The number of halogens is 4. The minimum absolute atomic E-state index is 0.276. The van der Waals surface area contributed by atoms with Gasteiger partial charge in [0.1, 0.15) is 17.2 Å². The lowest BCUT2D eigenvalue weighted by Gasteiger charge is -2.20. The largest absolute Gasteiger partial charge is 0.443 e. The molecule has 2 rings (SSSR count). The van der Waals surface area contributed by atoms with Gasteiger partial charge in [-0.25, -0.2) is 27.8 Å². The van der Waals surface area contributed by atoms with Crippen LogP contribution in [0.5, 0.6) is 0 Å². The number of hydrogen-bond donors (Lipinski definition) is 3. The maximum atomic E-state index is 13.8. The molecule has 0 saturated carbocycles. The molecule has 2 amide bonds. The lowest BCUT2D eigenvalue weighted by Crippen LogP contribution is -2.44. The third-order valence-electron chi connectivity index (χ3n) is 3.18. The number of rotatable bonds is 3. The summed E-state index contributed by atoms with van der Waals surface area (Å²) in [5.74, 6) is -5.53. The number of ether oxygens (including phenoxy) is 1. The van der Waals surface area contributed by atoms with Gasteiger partial charge in [-0.3, -0.25) is 10.2 Å². The van der Waals surface area contributed by atoms with E-state index in [4.69, 9.17) is 4.74 Å². The topological polar surface area (TPSA) is 79.5 Å². The Kier molecular flexibility index (Phi) is 6.12. The summed E-state index contributed by atoms with van der Waals surface area (Å²) < 4.78 is 58.9. The number of nitrogens with one attached hydrogen (secondary N) is 3. The standard InChI is InChI=1S/C18H17F4N3O3/c1-18(2,3)28-17(27)25-24-16(26)10-7-11(20)12(21)8-15(10)23-14-5-4-9(19)6-13(14)22/h4-8,23H,1-3H3,(H,24,26)(H,25,27). The molecule has 0 aromatic heterocycles. The molecule has 0 fully saturated rings. The summed E-state index contributed by atoms with van der Waals surface area (Å²) in [5.41, 5.74) is 2.06. The lowest BCUT2D eigenvalue weighted by molar-refractivity contribution is 0.0483. The van der Waals surface area contributed by atoms with Crippen LogP contribution in [-0.2, 0) is 4.74 Å². The Balaban J connectivity index is 2.24. The first-order valence-corrected chi connectivity index (χ1v) is 7.97. The molecule has 28 heavy (non-hydrogen) atoms. The van der Waals surface area contributed by atoms with Crippen LogP contribution in [0.15, 0.2) is 30.3 Å². The van der Waals surface area contributed by atoms with Crippen LogP contribution in [0.1, 0.15) is 31.1 Å². The molecule has 0 unspecified atom stereocenters. The molecule has 0 saturated heterocycles. The highest BCUT2D eigenvalue weighted by molar-refractivity contribution is 6.00. The van der Waals surface area contributed by atoms with Crippen LogP contribution < -0.4 is 16.2 Å². The third-order valence-corrected chi connectivity index (χ3v) is 3.18. The molecule has 0 aliphatic carbocycles. The summed E-state index contributed by atoms with van der Waals surface area (Å²) in [6.45, 7) is 4.80. The predicted molar refractivity (Wildman–Crippen MR) is 92.8 cm³/mol. The van der Waals surface area contributed by atoms with E-state index in [1.54, 1.807) is 20.8 Å². The summed E-state index contributed by atoms with van der Waals surface area (Å²) in [6, 6.07) is 3.72. The average Bonchev–Trinajstić information content (AvgIpc) is 2.56. The quantitative estimate of drug-likeness (QED) is 0.535. The van der Waals surface area contributed by atoms with Gasteiger partial charge in [-0.15, -0.1) is 0 Å². The van der Waals surface area contributed by atoms with Crippen molar-refractivity contribution in [3.05, 3.63) is 59.2 Å². The van der Waals surface area contributed by atoms with Crippen molar-refractivity contribution < 1.29 is 31.9 Å². The van der Waals surface area contributed by atoms with Crippen LogP contribution in [0, 0.1) is 23.3 Å². The molecule has 0 atom stereocenters. The Morgan fingerprint density at radius 2 is 1.50 bits per heavy atom. The van der Waals surface area contributed by atoms with E-state index in [0.717, 1.165) is 12.1 Å². The van der Waals surface area contributed by atoms with Gasteiger partial charge in [0.15, 0.2) is 11.6 Å². The Labute approximate surface area is 157 Å². The zero-order valence-electron chi connectivity index (χ0n) is 15.1. The maximum Gasteiger partial charge on any atom is 0.426 e. The Morgan fingerprint density at radius 1 is 0.857 bits per heavy atom. The molecule has 3 N–H and O–H groups in total. The van der Waals surface area contributed by atoms with Crippen molar-refractivity contribution in [1.29, 1.82) is 0 Å². The van der Waals surface area contributed by atoms with Gasteiger partial charge >= 0.3 is 6.09 Å². The first-order chi connectivity index (χ1) is 13.0. The lowest BCUT2D eigenvalue weighted by atomic mass is 10.1. The normalized spacial score (nSPS) is 11.0. The molecule has 0 aliphatic heterocycles. The highest BCUT2D eigenvalue weighted by atomic mass is 19.2. The molecule has 0 aliphatic rings. The summed E-state index contributed by atoms with van der Waals surface area (Å²) in [4.78, 5) is 23.8. The second kappa shape index (κ2) is 8.15. The second-order valence-electron chi connectivity index (χ2n) is 6.64. The highest BCUT2D eigenvalue weighted by Crippen LogP contribution is 2.26. The fourth-order valence-electron chi connectivity index (χ4n) is 2.05. The molecule has 2 aromatic rings. The SMILES string of the molecule is CC(C)(C)OC(=O)NNC(=O)c1cc(F)c(F)cc1Nc1ccc(F)cc1F. The van der Waals surface area contributed by atoms with Crippen molar-refractivity contribution in [1.82, 2.24) is 10.9 Å². The van der Waals surface area contributed by atoms with E-state index in [-0.39, 0.29) is 11.4 Å². The van der Waals surface area contributed by atoms with Gasteiger partial charge < -0.3 is 10.1 Å². The molecule has 6 nitrogen and oxygen atoms in total. The number of carbonyl (C=O) groups excluding carboxylic acids is 2. The number of hydrazine groups is 1.